The highest BCUT2D eigenvalue weighted by Crippen LogP contribution is 2.25. The molecule has 0 aliphatic rings. The Morgan fingerprint density at radius 2 is 2.12 bits per heavy atom. The van der Waals surface area contributed by atoms with Gasteiger partial charge in [0, 0.05) is 7.11 Å². The van der Waals surface area contributed by atoms with Gasteiger partial charge in [0.1, 0.15) is 15.9 Å². The topological polar surface area (TPSA) is 55.0 Å². The highest BCUT2D eigenvalue weighted by Gasteiger charge is 2.27. The van der Waals surface area contributed by atoms with Crippen molar-refractivity contribution in [3.8, 4) is 0 Å². The minimum atomic E-state index is -0.538. The molecule has 1 rings (SSSR count). The van der Waals surface area contributed by atoms with E-state index in [0.29, 0.717) is 16.7 Å². The molecule has 1 unspecified atom stereocenters. The van der Waals surface area contributed by atoms with Crippen LogP contribution in [0.3, 0.4) is 0 Å². The number of hydrogen-bond donors (Lipinski definition) is 1. The summed E-state index contributed by atoms with van der Waals surface area (Å²) in [6.07, 6.45) is 1.46. The minimum Gasteiger partial charge on any atom is -0.371 e. The monoisotopic (exact) mass is 288 g/mol. The number of aryl methyl sites for hydroxylation is 1. The molecule has 16 heavy (non-hydrogen) atoms. The first-order valence-corrected chi connectivity index (χ1v) is 6.12. The zero-order valence-electron chi connectivity index (χ0n) is 10.1. The fourth-order valence-electron chi connectivity index (χ4n) is 1.40. The Kier molecular flexibility index (Phi) is 4.27. The normalized spacial score (nSPS) is 14.8. The molecule has 0 radical (unpaired) electrons. The van der Waals surface area contributed by atoms with E-state index in [2.05, 4.69) is 25.9 Å². The van der Waals surface area contributed by atoms with Crippen LogP contribution in [0, 0.1) is 0 Å². The maximum Gasteiger partial charge on any atom is 0.265 e. The Morgan fingerprint density at radius 1 is 1.50 bits per heavy atom. The second kappa shape index (κ2) is 5.10. The van der Waals surface area contributed by atoms with Crippen molar-refractivity contribution in [2.24, 2.45) is 0 Å². The molecule has 5 heteroatoms. The first-order valence-electron chi connectivity index (χ1n) is 5.32. The number of halogens is 1. The second-order valence-electron chi connectivity index (χ2n) is 3.82. The summed E-state index contributed by atoms with van der Waals surface area (Å²) in [7, 11) is 1.62. The molecule has 0 aliphatic heterocycles. The van der Waals surface area contributed by atoms with E-state index in [9.17, 15) is 4.79 Å². The van der Waals surface area contributed by atoms with Gasteiger partial charge in [0.2, 0.25) is 0 Å². The van der Waals surface area contributed by atoms with E-state index < -0.39 is 5.60 Å². The summed E-state index contributed by atoms with van der Waals surface area (Å²) >= 11 is 3.24. The average Bonchev–Trinajstić information content (AvgIpc) is 2.31. The molecule has 1 atom stereocenters. The second-order valence-corrected chi connectivity index (χ2v) is 4.61. The Hall–Kier alpha value is -0.680. The van der Waals surface area contributed by atoms with Gasteiger partial charge in [-0.1, -0.05) is 13.8 Å². The van der Waals surface area contributed by atoms with Crippen LogP contribution >= 0.6 is 15.9 Å². The van der Waals surface area contributed by atoms with E-state index in [1.165, 1.54) is 0 Å². The molecule has 0 aromatic carbocycles. The molecule has 0 amide bonds. The first kappa shape index (κ1) is 13.4. The van der Waals surface area contributed by atoms with Crippen LogP contribution in [-0.2, 0) is 16.8 Å². The fraction of sp³-hybridized carbons (Fsp3) is 0.636. The number of rotatable bonds is 4. The number of nitrogens with one attached hydrogen (secondary N) is 1. The van der Waals surface area contributed by atoms with Crippen molar-refractivity contribution < 1.29 is 4.74 Å². The Morgan fingerprint density at radius 3 is 2.56 bits per heavy atom. The van der Waals surface area contributed by atoms with Crippen molar-refractivity contribution in [1.29, 1.82) is 0 Å². The van der Waals surface area contributed by atoms with Gasteiger partial charge in [0.15, 0.2) is 0 Å². The Bertz CT molecular complexity index is 424. The minimum absolute atomic E-state index is 0.154. The maximum atomic E-state index is 11.7. The highest BCUT2D eigenvalue weighted by atomic mass is 79.9. The Labute approximate surface area is 104 Å². The van der Waals surface area contributed by atoms with Gasteiger partial charge in [-0.15, -0.1) is 0 Å². The van der Waals surface area contributed by atoms with E-state index in [1.54, 1.807) is 7.11 Å². The van der Waals surface area contributed by atoms with Gasteiger partial charge in [-0.05, 0) is 35.7 Å². The lowest BCUT2D eigenvalue weighted by atomic mass is 10.0. The van der Waals surface area contributed by atoms with Gasteiger partial charge in [-0.2, -0.15) is 0 Å². The van der Waals surface area contributed by atoms with Crippen molar-refractivity contribution >= 4 is 15.9 Å². The van der Waals surface area contributed by atoms with Crippen molar-refractivity contribution in [2.75, 3.05) is 7.11 Å². The van der Waals surface area contributed by atoms with E-state index in [-0.39, 0.29) is 5.56 Å². The van der Waals surface area contributed by atoms with Gasteiger partial charge >= 0.3 is 0 Å². The van der Waals surface area contributed by atoms with Crippen LogP contribution in [0.1, 0.15) is 38.7 Å². The van der Waals surface area contributed by atoms with Gasteiger partial charge in [-0.25, -0.2) is 4.98 Å². The molecule has 0 spiro atoms. The third-order valence-electron chi connectivity index (χ3n) is 2.89. The molecular formula is C11H17BrN2O2. The quantitative estimate of drug-likeness (QED) is 0.925. The fourth-order valence-corrected chi connectivity index (χ4v) is 1.87. The third kappa shape index (κ3) is 2.35. The van der Waals surface area contributed by atoms with Gasteiger partial charge in [-0.3, -0.25) is 4.79 Å². The molecule has 0 bridgehead atoms. The lowest BCUT2D eigenvalue weighted by Crippen LogP contribution is -2.30. The van der Waals surface area contributed by atoms with E-state index in [1.807, 2.05) is 20.8 Å². The number of hydrogen-bond acceptors (Lipinski definition) is 3. The van der Waals surface area contributed by atoms with Crippen molar-refractivity contribution in [1.82, 2.24) is 9.97 Å². The smallest absolute Gasteiger partial charge is 0.265 e. The average molecular weight is 289 g/mol. The molecule has 4 nitrogen and oxygen atoms in total. The van der Waals surface area contributed by atoms with Crippen molar-refractivity contribution in [2.45, 2.75) is 39.2 Å². The molecule has 1 heterocycles. The van der Waals surface area contributed by atoms with Crippen LogP contribution in [-0.4, -0.2) is 17.1 Å². The molecular weight excluding hydrogens is 272 g/mol. The van der Waals surface area contributed by atoms with E-state index in [4.69, 9.17) is 4.74 Å². The number of aromatic nitrogens is 2. The molecule has 0 aliphatic carbocycles. The highest BCUT2D eigenvalue weighted by molar-refractivity contribution is 9.10. The number of nitrogens with zero attached hydrogens (tertiary/aromatic N) is 1. The summed E-state index contributed by atoms with van der Waals surface area (Å²) in [4.78, 5) is 18.9. The van der Waals surface area contributed by atoms with Crippen LogP contribution < -0.4 is 5.56 Å². The molecule has 0 saturated heterocycles. The zero-order chi connectivity index (χ0) is 12.3. The van der Waals surface area contributed by atoms with E-state index in [0.717, 1.165) is 12.1 Å². The summed E-state index contributed by atoms with van der Waals surface area (Å²) in [6, 6.07) is 0. The molecule has 0 fully saturated rings. The standard InChI is InChI=1S/C11H17BrN2O2/c1-5-7-8(12)9(15)14-10(13-7)11(3,6-2)16-4/h5-6H2,1-4H3,(H,13,14,15). The van der Waals surface area contributed by atoms with Crippen LogP contribution in [0.4, 0.5) is 0 Å². The summed E-state index contributed by atoms with van der Waals surface area (Å²) < 4.78 is 5.93. The predicted octanol–water partition coefficient (Wildman–Crippen LogP) is 2.37. The first-order chi connectivity index (χ1) is 7.48. The SMILES string of the molecule is CCc1nc(C(C)(CC)OC)[nH]c(=O)c1Br. The van der Waals surface area contributed by atoms with Gasteiger partial charge in [0.25, 0.3) is 5.56 Å². The summed E-state index contributed by atoms with van der Waals surface area (Å²) in [6.45, 7) is 5.88. The van der Waals surface area contributed by atoms with Crippen molar-refractivity contribution in [3.05, 3.63) is 26.3 Å². The maximum absolute atomic E-state index is 11.7. The number of aromatic amines is 1. The number of H-pyrrole nitrogens is 1. The lowest BCUT2D eigenvalue weighted by Gasteiger charge is -2.25. The van der Waals surface area contributed by atoms with Gasteiger partial charge < -0.3 is 9.72 Å². The largest absolute Gasteiger partial charge is 0.371 e. The summed E-state index contributed by atoms with van der Waals surface area (Å²) in [5, 5.41) is 0. The van der Waals surface area contributed by atoms with Gasteiger partial charge in [0.05, 0.1) is 5.69 Å². The third-order valence-corrected chi connectivity index (χ3v) is 3.71. The van der Waals surface area contributed by atoms with Crippen LogP contribution in [0.25, 0.3) is 0 Å². The zero-order valence-corrected chi connectivity index (χ0v) is 11.6. The van der Waals surface area contributed by atoms with Crippen LogP contribution in [0.5, 0.6) is 0 Å². The van der Waals surface area contributed by atoms with E-state index >= 15 is 0 Å². The molecule has 1 aromatic heterocycles. The summed E-state index contributed by atoms with van der Waals surface area (Å²) in [5.74, 6) is 0.586. The predicted molar refractivity (Wildman–Crippen MR) is 66.6 cm³/mol. The molecule has 1 N–H and O–H groups in total. The van der Waals surface area contributed by atoms with Crippen molar-refractivity contribution in [3.63, 3.8) is 0 Å². The summed E-state index contributed by atoms with van der Waals surface area (Å²) in [5.41, 5.74) is 0.0677. The lowest BCUT2D eigenvalue weighted by molar-refractivity contribution is -0.00938. The number of methoxy groups -OCH3 is 1. The molecule has 0 saturated carbocycles. The van der Waals surface area contributed by atoms with Crippen LogP contribution in [0.15, 0.2) is 9.27 Å². The van der Waals surface area contributed by atoms with Crippen LogP contribution in [0.2, 0.25) is 0 Å². The molecule has 1 aromatic rings. The number of ether oxygens (including phenoxy) is 1. The Balaban J connectivity index is 3.36. The molecule has 90 valence electrons.